The van der Waals surface area contributed by atoms with Crippen LogP contribution in [-0.4, -0.2) is 36.6 Å². The highest BCUT2D eigenvalue weighted by Crippen LogP contribution is 2.23. The lowest BCUT2D eigenvalue weighted by Gasteiger charge is -2.30. The second-order valence-corrected chi connectivity index (χ2v) is 5.17. The van der Waals surface area contributed by atoms with E-state index in [4.69, 9.17) is 4.74 Å². The molecule has 0 saturated carbocycles. The van der Waals surface area contributed by atoms with Gasteiger partial charge in [-0.05, 0) is 31.9 Å². The van der Waals surface area contributed by atoms with Crippen molar-refractivity contribution in [1.29, 1.82) is 0 Å². The predicted octanol–water partition coefficient (Wildman–Crippen LogP) is 2.91. The van der Waals surface area contributed by atoms with Crippen molar-refractivity contribution >= 4 is 17.7 Å². The summed E-state index contributed by atoms with van der Waals surface area (Å²) in [5.41, 5.74) is -0.401. The zero-order valence-electron chi connectivity index (χ0n) is 12.6. The fraction of sp³-hybridized carbons (Fsp3) is 0.467. The van der Waals surface area contributed by atoms with Crippen molar-refractivity contribution in [2.24, 2.45) is 5.92 Å². The van der Waals surface area contributed by atoms with E-state index in [1.165, 1.54) is 4.90 Å². The third-order valence-electron chi connectivity index (χ3n) is 3.68. The second kappa shape index (κ2) is 7.34. The van der Waals surface area contributed by atoms with Crippen molar-refractivity contribution in [2.45, 2.75) is 19.8 Å². The number of anilines is 1. The summed E-state index contributed by atoms with van der Waals surface area (Å²) in [4.78, 5) is 25.1. The zero-order valence-corrected chi connectivity index (χ0v) is 12.6. The van der Waals surface area contributed by atoms with Gasteiger partial charge in [0.05, 0.1) is 12.3 Å². The highest BCUT2D eigenvalue weighted by atomic mass is 19.2. The van der Waals surface area contributed by atoms with E-state index in [-0.39, 0.29) is 6.61 Å². The molecule has 8 heteroatoms. The molecule has 0 atom stereocenters. The van der Waals surface area contributed by atoms with Crippen LogP contribution < -0.4 is 5.32 Å². The van der Waals surface area contributed by atoms with E-state index in [0.717, 1.165) is 12.1 Å². The molecule has 2 amide bonds. The number of nitrogens with one attached hydrogen (secondary N) is 1. The number of ether oxygens (including phenoxy) is 1. The third-order valence-corrected chi connectivity index (χ3v) is 3.68. The van der Waals surface area contributed by atoms with Gasteiger partial charge in [0.15, 0.2) is 17.5 Å². The van der Waals surface area contributed by atoms with Crippen molar-refractivity contribution in [3.05, 3.63) is 29.6 Å². The number of benzene rings is 1. The van der Waals surface area contributed by atoms with Gasteiger partial charge in [0.1, 0.15) is 0 Å². The van der Waals surface area contributed by atoms with E-state index >= 15 is 0 Å². The van der Waals surface area contributed by atoms with Crippen LogP contribution in [0.2, 0.25) is 0 Å². The number of halogens is 3. The first-order chi connectivity index (χ1) is 10.9. The van der Waals surface area contributed by atoms with Gasteiger partial charge in [-0.25, -0.2) is 18.0 Å². The Hall–Kier alpha value is -2.25. The molecule has 2 rings (SSSR count). The van der Waals surface area contributed by atoms with Gasteiger partial charge in [-0.2, -0.15) is 0 Å². The monoisotopic (exact) mass is 330 g/mol. The lowest BCUT2D eigenvalue weighted by atomic mass is 9.96. The standard InChI is InChI=1S/C15H17F3N2O3/c1-2-23-15(22)20-7-5-9(6-8-20)14(21)19-11-4-3-10(16)12(17)13(11)18/h3-4,9H,2,5-8H2,1H3,(H,19,21). The van der Waals surface area contributed by atoms with Gasteiger partial charge >= 0.3 is 6.09 Å². The molecule has 1 fully saturated rings. The lowest BCUT2D eigenvalue weighted by molar-refractivity contribution is -0.121. The molecule has 23 heavy (non-hydrogen) atoms. The molecule has 5 nitrogen and oxygen atoms in total. The summed E-state index contributed by atoms with van der Waals surface area (Å²) in [6.45, 7) is 2.66. The average Bonchev–Trinajstić information content (AvgIpc) is 2.55. The van der Waals surface area contributed by atoms with E-state index in [9.17, 15) is 22.8 Å². The summed E-state index contributed by atoms with van der Waals surface area (Å²) in [6, 6.07) is 1.72. The molecule has 1 N–H and O–H groups in total. The number of likely N-dealkylation sites (tertiary alicyclic amines) is 1. The fourth-order valence-corrected chi connectivity index (χ4v) is 2.40. The summed E-state index contributed by atoms with van der Waals surface area (Å²) in [5, 5.41) is 2.26. The number of rotatable bonds is 3. The number of amides is 2. The van der Waals surface area contributed by atoms with Crippen LogP contribution >= 0.6 is 0 Å². The minimum Gasteiger partial charge on any atom is -0.450 e. The maximum Gasteiger partial charge on any atom is 0.409 e. The zero-order chi connectivity index (χ0) is 17.0. The molecule has 0 unspecified atom stereocenters. The van der Waals surface area contributed by atoms with Gasteiger partial charge in [0.2, 0.25) is 5.91 Å². The van der Waals surface area contributed by atoms with Gasteiger partial charge in [-0.15, -0.1) is 0 Å². The normalized spacial score (nSPS) is 15.4. The van der Waals surface area contributed by atoms with Gasteiger partial charge < -0.3 is 15.0 Å². The van der Waals surface area contributed by atoms with E-state index in [1.807, 2.05) is 0 Å². The maximum atomic E-state index is 13.5. The predicted molar refractivity (Wildman–Crippen MR) is 76.3 cm³/mol. The molecule has 0 aliphatic carbocycles. The molecule has 0 aromatic heterocycles. The van der Waals surface area contributed by atoms with Crippen LogP contribution in [-0.2, 0) is 9.53 Å². The first-order valence-electron chi connectivity index (χ1n) is 7.30. The Balaban J connectivity index is 1.93. The number of nitrogens with zero attached hydrogens (tertiary/aromatic N) is 1. The van der Waals surface area contributed by atoms with Crippen LogP contribution in [0.25, 0.3) is 0 Å². The fourth-order valence-electron chi connectivity index (χ4n) is 2.40. The van der Waals surface area contributed by atoms with Crippen molar-refractivity contribution in [2.75, 3.05) is 25.0 Å². The Morgan fingerprint density at radius 3 is 2.48 bits per heavy atom. The van der Waals surface area contributed by atoms with Crippen molar-refractivity contribution in [1.82, 2.24) is 4.90 Å². The Bertz CT molecular complexity index is 602. The molecule has 1 saturated heterocycles. The summed E-state index contributed by atoms with van der Waals surface area (Å²) in [5.74, 6) is -5.29. The van der Waals surface area contributed by atoms with Crippen LogP contribution in [0.4, 0.5) is 23.7 Å². The number of hydrogen-bond donors (Lipinski definition) is 1. The molecule has 1 heterocycles. The minimum atomic E-state index is -1.63. The van der Waals surface area contributed by atoms with Crippen LogP contribution in [0.5, 0.6) is 0 Å². The van der Waals surface area contributed by atoms with Crippen LogP contribution in [0.1, 0.15) is 19.8 Å². The Labute approximate surface area is 131 Å². The van der Waals surface area contributed by atoms with Crippen LogP contribution in [0.15, 0.2) is 12.1 Å². The van der Waals surface area contributed by atoms with Crippen LogP contribution in [0, 0.1) is 23.4 Å². The Morgan fingerprint density at radius 1 is 1.22 bits per heavy atom. The second-order valence-electron chi connectivity index (χ2n) is 5.17. The Kier molecular flexibility index (Phi) is 5.46. The molecule has 1 aliphatic rings. The summed E-state index contributed by atoms with van der Waals surface area (Å²) < 4.78 is 44.4. The Morgan fingerprint density at radius 2 is 1.87 bits per heavy atom. The van der Waals surface area contributed by atoms with E-state index in [1.54, 1.807) is 6.92 Å². The largest absolute Gasteiger partial charge is 0.450 e. The molecule has 0 radical (unpaired) electrons. The third kappa shape index (κ3) is 3.94. The average molecular weight is 330 g/mol. The van der Waals surface area contributed by atoms with Gasteiger partial charge in [-0.1, -0.05) is 0 Å². The molecule has 1 aromatic rings. The number of hydrogen-bond acceptors (Lipinski definition) is 3. The van der Waals surface area contributed by atoms with E-state index in [2.05, 4.69) is 5.32 Å². The molecule has 126 valence electrons. The lowest BCUT2D eigenvalue weighted by Crippen LogP contribution is -2.41. The van der Waals surface area contributed by atoms with Crippen molar-refractivity contribution < 1.29 is 27.5 Å². The summed E-state index contributed by atoms with van der Waals surface area (Å²) in [7, 11) is 0. The van der Waals surface area contributed by atoms with Gasteiger partial charge in [0, 0.05) is 19.0 Å². The first-order valence-corrected chi connectivity index (χ1v) is 7.30. The first kappa shape index (κ1) is 17.1. The summed E-state index contributed by atoms with van der Waals surface area (Å²) in [6.07, 6.45) is 0.337. The summed E-state index contributed by atoms with van der Waals surface area (Å²) >= 11 is 0. The van der Waals surface area contributed by atoms with E-state index in [0.29, 0.717) is 25.9 Å². The molecular weight excluding hydrogens is 313 g/mol. The SMILES string of the molecule is CCOC(=O)N1CCC(C(=O)Nc2ccc(F)c(F)c2F)CC1. The number of carbonyl (C=O) groups excluding carboxylic acids is 2. The topological polar surface area (TPSA) is 58.6 Å². The smallest absolute Gasteiger partial charge is 0.409 e. The molecule has 1 aromatic carbocycles. The van der Waals surface area contributed by atoms with Gasteiger partial charge in [0.25, 0.3) is 0 Å². The molecule has 1 aliphatic heterocycles. The van der Waals surface area contributed by atoms with E-state index < -0.39 is 41.1 Å². The number of carbonyl (C=O) groups is 2. The molecule has 0 spiro atoms. The maximum absolute atomic E-state index is 13.5. The molecule has 0 bridgehead atoms. The highest BCUT2D eigenvalue weighted by Gasteiger charge is 2.28. The minimum absolute atomic E-state index is 0.272. The number of piperidine rings is 1. The van der Waals surface area contributed by atoms with Crippen molar-refractivity contribution in [3.63, 3.8) is 0 Å². The van der Waals surface area contributed by atoms with Crippen molar-refractivity contribution in [3.8, 4) is 0 Å². The van der Waals surface area contributed by atoms with Gasteiger partial charge in [-0.3, -0.25) is 4.79 Å². The molecular formula is C15H17F3N2O3. The quantitative estimate of drug-likeness (QED) is 0.867. The van der Waals surface area contributed by atoms with Crippen LogP contribution in [0.3, 0.4) is 0 Å². The highest BCUT2D eigenvalue weighted by molar-refractivity contribution is 5.92.